The largest absolute Gasteiger partial charge is 0.383 e. The molecule has 0 aromatic carbocycles. The van der Waals surface area contributed by atoms with Gasteiger partial charge in [-0.05, 0) is 52.4 Å². The molecular weight excluding hydrogens is 200 g/mol. The van der Waals surface area contributed by atoms with Crippen molar-refractivity contribution in [3.63, 3.8) is 0 Å². The van der Waals surface area contributed by atoms with Crippen molar-refractivity contribution < 1.29 is 4.74 Å². The van der Waals surface area contributed by atoms with E-state index in [9.17, 15) is 0 Å². The van der Waals surface area contributed by atoms with Crippen molar-refractivity contribution in [3.05, 3.63) is 0 Å². The molecule has 1 atom stereocenters. The molecule has 0 rings (SSSR count). The third kappa shape index (κ3) is 8.08. The summed E-state index contributed by atoms with van der Waals surface area (Å²) in [5.74, 6) is 0. The van der Waals surface area contributed by atoms with Crippen LogP contribution in [0.2, 0.25) is 0 Å². The Morgan fingerprint density at radius 2 is 1.94 bits per heavy atom. The molecule has 98 valence electrons. The number of rotatable bonds is 11. The summed E-state index contributed by atoms with van der Waals surface area (Å²) >= 11 is 0. The minimum atomic E-state index is 0.540. The van der Waals surface area contributed by atoms with Crippen LogP contribution in [0.15, 0.2) is 0 Å². The second-order valence-electron chi connectivity index (χ2n) is 4.39. The number of likely N-dealkylation sites (N-methyl/N-ethyl adjacent to an activating group) is 1. The first-order valence-electron chi connectivity index (χ1n) is 6.69. The molecule has 0 saturated carbocycles. The number of methoxy groups -OCH3 is 1. The van der Waals surface area contributed by atoms with Crippen LogP contribution in [0.5, 0.6) is 0 Å². The Kier molecular flexibility index (Phi) is 11.3. The first-order chi connectivity index (χ1) is 7.76. The normalized spacial score (nSPS) is 13.3. The van der Waals surface area contributed by atoms with E-state index in [1.54, 1.807) is 7.11 Å². The van der Waals surface area contributed by atoms with Crippen LogP contribution in [0, 0.1) is 0 Å². The van der Waals surface area contributed by atoms with Crippen LogP contribution in [0.3, 0.4) is 0 Å². The molecule has 0 aliphatic rings. The number of hydrogen-bond donors (Lipinski definition) is 1. The minimum Gasteiger partial charge on any atom is -0.383 e. The van der Waals surface area contributed by atoms with E-state index in [0.717, 1.165) is 26.2 Å². The summed E-state index contributed by atoms with van der Waals surface area (Å²) < 4.78 is 5.19. The summed E-state index contributed by atoms with van der Waals surface area (Å²) in [6.07, 6.45) is 3.78. The second-order valence-corrected chi connectivity index (χ2v) is 4.39. The van der Waals surface area contributed by atoms with Crippen molar-refractivity contribution in [2.75, 3.05) is 39.9 Å². The summed E-state index contributed by atoms with van der Waals surface area (Å²) in [6, 6.07) is 0.540. The lowest BCUT2D eigenvalue weighted by Gasteiger charge is -2.27. The van der Waals surface area contributed by atoms with Gasteiger partial charge < -0.3 is 10.1 Å². The fourth-order valence-electron chi connectivity index (χ4n) is 1.90. The molecule has 0 amide bonds. The van der Waals surface area contributed by atoms with Crippen LogP contribution < -0.4 is 5.32 Å². The smallest absolute Gasteiger partial charge is 0.0615 e. The van der Waals surface area contributed by atoms with E-state index in [2.05, 4.69) is 31.0 Å². The molecule has 0 aliphatic heterocycles. The van der Waals surface area contributed by atoms with Crippen LogP contribution in [0.1, 0.15) is 40.0 Å². The van der Waals surface area contributed by atoms with Gasteiger partial charge in [-0.25, -0.2) is 0 Å². The van der Waals surface area contributed by atoms with Crippen LogP contribution in [0.4, 0.5) is 0 Å². The number of hydrogen-bond acceptors (Lipinski definition) is 3. The van der Waals surface area contributed by atoms with Crippen LogP contribution in [-0.2, 0) is 4.74 Å². The Labute approximate surface area is 102 Å². The summed E-state index contributed by atoms with van der Waals surface area (Å²) in [7, 11) is 1.78. The third-order valence-corrected chi connectivity index (χ3v) is 2.91. The fraction of sp³-hybridized carbons (Fsp3) is 1.00. The van der Waals surface area contributed by atoms with Gasteiger partial charge in [-0.2, -0.15) is 0 Å². The van der Waals surface area contributed by atoms with Crippen molar-refractivity contribution in [1.82, 2.24) is 10.2 Å². The Balaban J connectivity index is 3.47. The van der Waals surface area contributed by atoms with E-state index in [0.29, 0.717) is 6.04 Å². The molecule has 0 bridgehead atoms. The van der Waals surface area contributed by atoms with E-state index in [-0.39, 0.29) is 0 Å². The molecule has 0 spiro atoms. The van der Waals surface area contributed by atoms with E-state index in [1.807, 2.05) is 0 Å². The maximum Gasteiger partial charge on any atom is 0.0615 e. The molecule has 0 fully saturated rings. The molecule has 3 heteroatoms. The van der Waals surface area contributed by atoms with Crippen LogP contribution in [0.25, 0.3) is 0 Å². The first kappa shape index (κ1) is 15.9. The zero-order valence-electron chi connectivity index (χ0n) is 11.6. The van der Waals surface area contributed by atoms with Crippen molar-refractivity contribution in [3.8, 4) is 0 Å². The Morgan fingerprint density at radius 3 is 2.50 bits per heavy atom. The fourth-order valence-corrected chi connectivity index (χ4v) is 1.90. The van der Waals surface area contributed by atoms with Gasteiger partial charge in [0.05, 0.1) is 6.61 Å². The molecule has 0 saturated heterocycles. The monoisotopic (exact) mass is 230 g/mol. The number of ether oxygens (including phenoxy) is 1. The van der Waals surface area contributed by atoms with E-state index in [1.165, 1.54) is 25.8 Å². The van der Waals surface area contributed by atoms with E-state index >= 15 is 0 Å². The van der Waals surface area contributed by atoms with Gasteiger partial charge in [0.25, 0.3) is 0 Å². The molecule has 3 nitrogen and oxygen atoms in total. The second kappa shape index (κ2) is 11.4. The molecule has 0 aliphatic carbocycles. The minimum absolute atomic E-state index is 0.540. The standard InChI is InChI=1S/C13H30N2O/c1-5-9-14-10-7-8-11-15(6-2)13(3)12-16-4/h13-14H,5-12H2,1-4H3. The first-order valence-corrected chi connectivity index (χ1v) is 6.69. The van der Waals surface area contributed by atoms with E-state index < -0.39 is 0 Å². The van der Waals surface area contributed by atoms with Crippen molar-refractivity contribution in [2.45, 2.75) is 46.1 Å². The average molecular weight is 230 g/mol. The molecule has 0 radical (unpaired) electrons. The molecule has 1 N–H and O–H groups in total. The molecular formula is C13H30N2O. The maximum atomic E-state index is 5.19. The zero-order valence-corrected chi connectivity index (χ0v) is 11.6. The van der Waals surface area contributed by atoms with Gasteiger partial charge in [0, 0.05) is 13.2 Å². The summed E-state index contributed by atoms with van der Waals surface area (Å²) in [5, 5.41) is 3.44. The van der Waals surface area contributed by atoms with Crippen molar-refractivity contribution >= 4 is 0 Å². The highest BCUT2D eigenvalue weighted by molar-refractivity contribution is 4.65. The van der Waals surface area contributed by atoms with Gasteiger partial charge in [0.2, 0.25) is 0 Å². The van der Waals surface area contributed by atoms with Crippen molar-refractivity contribution in [1.29, 1.82) is 0 Å². The van der Waals surface area contributed by atoms with Crippen LogP contribution in [-0.4, -0.2) is 50.8 Å². The lowest BCUT2D eigenvalue weighted by Crippen LogP contribution is -2.37. The molecule has 0 aromatic heterocycles. The average Bonchev–Trinajstić information content (AvgIpc) is 2.28. The predicted octanol–water partition coefficient (Wildman–Crippen LogP) is 2.12. The molecule has 16 heavy (non-hydrogen) atoms. The maximum absolute atomic E-state index is 5.19. The quantitative estimate of drug-likeness (QED) is 0.550. The van der Waals surface area contributed by atoms with Gasteiger partial charge in [-0.15, -0.1) is 0 Å². The SMILES string of the molecule is CCCNCCCCN(CC)C(C)COC. The highest BCUT2D eigenvalue weighted by Crippen LogP contribution is 2.02. The highest BCUT2D eigenvalue weighted by Gasteiger charge is 2.10. The van der Waals surface area contributed by atoms with Gasteiger partial charge in [-0.1, -0.05) is 13.8 Å². The van der Waals surface area contributed by atoms with Crippen LogP contribution >= 0.6 is 0 Å². The zero-order chi connectivity index (χ0) is 12.2. The number of nitrogens with one attached hydrogen (secondary N) is 1. The molecule has 1 unspecified atom stereocenters. The summed E-state index contributed by atoms with van der Waals surface area (Å²) in [5.41, 5.74) is 0. The predicted molar refractivity (Wildman–Crippen MR) is 71.0 cm³/mol. The van der Waals surface area contributed by atoms with Crippen molar-refractivity contribution in [2.24, 2.45) is 0 Å². The Morgan fingerprint density at radius 1 is 1.19 bits per heavy atom. The topological polar surface area (TPSA) is 24.5 Å². The van der Waals surface area contributed by atoms with Gasteiger partial charge >= 0.3 is 0 Å². The third-order valence-electron chi connectivity index (χ3n) is 2.91. The van der Waals surface area contributed by atoms with Gasteiger partial charge in [0.15, 0.2) is 0 Å². The van der Waals surface area contributed by atoms with Gasteiger partial charge in [0.1, 0.15) is 0 Å². The van der Waals surface area contributed by atoms with Gasteiger partial charge in [-0.3, -0.25) is 4.90 Å². The molecule has 0 aromatic rings. The number of unbranched alkanes of at least 4 members (excludes halogenated alkanes) is 1. The Bertz CT molecular complexity index is 142. The molecule has 0 heterocycles. The summed E-state index contributed by atoms with van der Waals surface area (Å²) in [6.45, 7) is 12.1. The Hall–Kier alpha value is -0.120. The lowest BCUT2D eigenvalue weighted by atomic mass is 10.2. The highest BCUT2D eigenvalue weighted by atomic mass is 16.5. The lowest BCUT2D eigenvalue weighted by molar-refractivity contribution is 0.101. The van der Waals surface area contributed by atoms with E-state index in [4.69, 9.17) is 4.74 Å². The summed E-state index contributed by atoms with van der Waals surface area (Å²) in [4.78, 5) is 2.49. The number of nitrogens with zero attached hydrogens (tertiary/aromatic N) is 1.